The summed E-state index contributed by atoms with van der Waals surface area (Å²) in [5.41, 5.74) is 4.31. The Morgan fingerprint density at radius 2 is 1.67 bits per heavy atom. The van der Waals surface area contributed by atoms with Gasteiger partial charge in [0.1, 0.15) is 36.5 Å². The van der Waals surface area contributed by atoms with Crippen LogP contribution in [0, 0.1) is 18.3 Å². The lowest BCUT2D eigenvalue weighted by Crippen LogP contribution is -2.48. The zero-order chi connectivity index (χ0) is 36.8. The Hall–Kier alpha value is -4.41. The van der Waals surface area contributed by atoms with E-state index in [0.717, 1.165) is 22.3 Å². The first-order valence-electron chi connectivity index (χ1n) is 16.4. The first-order chi connectivity index (χ1) is 24.6. The van der Waals surface area contributed by atoms with Gasteiger partial charge in [0.05, 0.1) is 47.4 Å². The van der Waals surface area contributed by atoms with Crippen molar-refractivity contribution in [3.05, 3.63) is 105 Å². The van der Waals surface area contributed by atoms with Crippen LogP contribution in [0.25, 0.3) is 11.1 Å². The minimum absolute atomic E-state index is 0.0133. The Kier molecular flexibility index (Phi) is 14.9. The average molecular weight is 738 g/mol. The fraction of sp³-hybridized carbons (Fsp3) is 0.342. The van der Waals surface area contributed by atoms with Gasteiger partial charge < -0.3 is 40.2 Å². The zero-order valence-electron chi connectivity index (χ0n) is 28.5. The maximum Gasteiger partial charge on any atom is 0.223 e. The maximum atomic E-state index is 12.0. The number of nitrogens with one attached hydrogen (secondary N) is 2. The van der Waals surface area contributed by atoms with E-state index >= 15 is 0 Å². The molecule has 0 aliphatic rings. The lowest BCUT2D eigenvalue weighted by atomic mass is 9.96. The van der Waals surface area contributed by atoms with Crippen LogP contribution in [0.1, 0.15) is 47.6 Å². The second-order valence-electron chi connectivity index (χ2n) is 12.1. The second kappa shape index (κ2) is 19.3. The largest absolute Gasteiger partial charge is 0.491 e. The van der Waals surface area contributed by atoms with Crippen LogP contribution in [0.2, 0.25) is 10.0 Å². The molecule has 0 radical (unpaired) electrons. The van der Waals surface area contributed by atoms with Gasteiger partial charge in [0, 0.05) is 54.8 Å². The number of nitrogens with zero attached hydrogens (tertiary/aromatic N) is 2. The van der Waals surface area contributed by atoms with E-state index in [2.05, 4.69) is 21.7 Å². The molecule has 0 saturated carbocycles. The lowest BCUT2D eigenvalue weighted by molar-refractivity contribution is -0.121. The molecule has 3 aromatic carbocycles. The SMILES string of the molecule is Cc1c(COc2cc(OCc3cncc(C#N)c3)c(CNC(C)(CO)CO)cc2Cl)cccc1-c1cccc(OCCC(=O)NCCCO)c1Cl. The molecular formula is C38H42Cl2N4O7. The number of amides is 1. The van der Waals surface area contributed by atoms with E-state index in [0.29, 0.717) is 56.9 Å². The number of aromatic nitrogens is 1. The number of nitriles is 1. The van der Waals surface area contributed by atoms with E-state index in [-0.39, 0.29) is 58.5 Å². The standard InChI is InChI=1S/C38H42Cl2N4O7/c1-25-28(6-3-7-30(25)31-8-4-9-33(37(31)40)49-13-10-36(48)43-11-5-12-45)22-51-35-16-34(50-21-27-14-26(17-41)18-42-19-27)29(15-32(35)39)20-44-38(2,23-46)24-47/h3-4,6-9,14-16,18-19,44-47H,5,10-13,20-24H2,1-2H3,(H,43,48). The van der Waals surface area contributed by atoms with Crippen LogP contribution >= 0.6 is 23.2 Å². The smallest absolute Gasteiger partial charge is 0.223 e. The third kappa shape index (κ3) is 11.0. The molecule has 4 rings (SSSR count). The Morgan fingerprint density at radius 1 is 0.922 bits per heavy atom. The molecule has 13 heteroatoms. The summed E-state index contributed by atoms with van der Waals surface area (Å²) in [6.45, 7) is 4.19. The molecule has 11 nitrogen and oxygen atoms in total. The Balaban J connectivity index is 1.52. The topological polar surface area (TPSA) is 166 Å². The molecule has 1 heterocycles. The van der Waals surface area contributed by atoms with Crippen LogP contribution in [-0.4, -0.2) is 64.7 Å². The monoisotopic (exact) mass is 736 g/mol. The maximum absolute atomic E-state index is 12.0. The van der Waals surface area contributed by atoms with Crippen molar-refractivity contribution in [2.75, 3.05) is 33.0 Å². The molecule has 0 fully saturated rings. The van der Waals surface area contributed by atoms with E-state index in [1.165, 1.54) is 6.20 Å². The van der Waals surface area contributed by atoms with Gasteiger partial charge in [-0.3, -0.25) is 9.78 Å². The van der Waals surface area contributed by atoms with Crippen molar-refractivity contribution in [1.29, 1.82) is 5.26 Å². The molecular weight excluding hydrogens is 695 g/mol. The van der Waals surface area contributed by atoms with Crippen LogP contribution in [0.3, 0.4) is 0 Å². The molecule has 1 aromatic heterocycles. The summed E-state index contributed by atoms with van der Waals surface area (Å²) in [6, 6.07) is 18.5. The van der Waals surface area contributed by atoms with Gasteiger partial charge in [-0.25, -0.2) is 0 Å². The van der Waals surface area contributed by atoms with Gasteiger partial charge in [-0.1, -0.05) is 53.5 Å². The van der Waals surface area contributed by atoms with Gasteiger partial charge in [-0.15, -0.1) is 0 Å². The van der Waals surface area contributed by atoms with Crippen molar-refractivity contribution in [2.45, 2.75) is 52.0 Å². The normalized spacial score (nSPS) is 11.2. The highest BCUT2D eigenvalue weighted by atomic mass is 35.5. The molecule has 0 aliphatic heterocycles. The summed E-state index contributed by atoms with van der Waals surface area (Å²) in [4.78, 5) is 16.1. The highest BCUT2D eigenvalue weighted by Crippen LogP contribution is 2.38. The molecule has 0 aliphatic carbocycles. The Labute approximate surface area is 307 Å². The Bertz CT molecular complexity index is 1830. The van der Waals surface area contributed by atoms with E-state index in [4.69, 9.17) is 42.5 Å². The first kappa shape index (κ1) is 39.4. The molecule has 4 aromatic rings. The van der Waals surface area contributed by atoms with E-state index in [1.807, 2.05) is 37.3 Å². The minimum atomic E-state index is -0.932. The molecule has 270 valence electrons. The molecule has 0 unspecified atom stereocenters. The van der Waals surface area contributed by atoms with E-state index in [9.17, 15) is 20.3 Å². The predicted octanol–water partition coefficient (Wildman–Crippen LogP) is 5.49. The first-order valence-corrected chi connectivity index (χ1v) is 17.1. The molecule has 0 bridgehead atoms. The molecule has 51 heavy (non-hydrogen) atoms. The minimum Gasteiger partial charge on any atom is -0.491 e. The highest BCUT2D eigenvalue weighted by Gasteiger charge is 2.23. The van der Waals surface area contributed by atoms with Crippen LogP contribution in [0.15, 0.2) is 67.0 Å². The number of hydrogen-bond donors (Lipinski definition) is 5. The second-order valence-corrected chi connectivity index (χ2v) is 12.9. The summed E-state index contributed by atoms with van der Waals surface area (Å²) < 4.78 is 18.3. The van der Waals surface area contributed by atoms with Crippen LogP contribution in [0.4, 0.5) is 0 Å². The Morgan fingerprint density at radius 3 is 2.41 bits per heavy atom. The fourth-order valence-corrected chi connectivity index (χ4v) is 5.51. The third-order valence-corrected chi connectivity index (χ3v) is 8.85. The third-order valence-electron chi connectivity index (χ3n) is 8.16. The van der Waals surface area contributed by atoms with Gasteiger partial charge in [-0.05, 0) is 55.2 Å². The van der Waals surface area contributed by atoms with Crippen molar-refractivity contribution in [3.8, 4) is 34.4 Å². The number of halogens is 2. The average Bonchev–Trinajstić information content (AvgIpc) is 3.14. The van der Waals surface area contributed by atoms with E-state index in [1.54, 1.807) is 37.4 Å². The number of pyridine rings is 1. The number of ether oxygens (including phenoxy) is 3. The van der Waals surface area contributed by atoms with Gasteiger partial charge >= 0.3 is 0 Å². The van der Waals surface area contributed by atoms with Gasteiger partial charge in [-0.2, -0.15) is 5.26 Å². The molecule has 0 spiro atoms. The molecule has 0 saturated heterocycles. The lowest BCUT2D eigenvalue weighted by Gasteiger charge is -2.27. The number of aliphatic hydroxyl groups is 3. The van der Waals surface area contributed by atoms with Crippen molar-refractivity contribution in [1.82, 2.24) is 15.6 Å². The molecule has 0 atom stereocenters. The van der Waals surface area contributed by atoms with Crippen LogP contribution in [-0.2, 0) is 24.6 Å². The molecule has 5 N–H and O–H groups in total. The predicted molar refractivity (Wildman–Crippen MR) is 195 cm³/mol. The number of carbonyl (C=O) groups is 1. The van der Waals surface area contributed by atoms with Gasteiger partial charge in [0.25, 0.3) is 0 Å². The summed E-state index contributed by atoms with van der Waals surface area (Å²) in [5, 5.41) is 44.3. The number of carbonyl (C=O) groups excluding carboxylic acids is 1. The van der Waals surface area contributed by atoms with Crippen LogP contribution in [0.5, 0.6) is 17.2 Å². The summed E-state index contributed by atoms with van der Waals surface area (Å²) >= 11 is 13.5. The fourth-order valence-electron chi connectivity index (χ4n) is 4.98. The number of rotatable bonds is 19. The van der Waals surface area contributed by atoms with Crippen molar-refractivity contribution in [3.63, 3.8) is 0 Å². The van der Waals surface area contributed by atoms with E-state index < -0.39 is 5.54 Å². The van der Waals surface area contributed by atoms with Crippen molar-refractivity contribution >= 4 is 29.1 Å². The van der Waals surface area contributed by atoms with Crippen molar-refractivity contribution < 1.29 is 34.3 Å². The van der Waals surface area contributed by atoms with Crippen LogP contribution < -0.4 is 24.8 Å². The quantitative estimate of drug-likeness (QED) is 0.0777. The summed E-state index contributed by atoms with van der Waals surface area (Å²) in [6.07, 6.45) is 3.73. The molecule has 1 amide bonds. The summed E-state index contributed by atoms with van der Waals surface area (Å²) in [5.74, 6) is 1.13. The number of aliphatic hydroxyl groups excluding tert-OH is 3. The zero-order valence-corrected chi connectivity index (χ0v) is 30.1. The number of hydrogen-bond acceptors (Lipinski definition) is 10. The number of benzene rings is 3. The summed E-state index contributed by atoms with van der Waals surface area (Å²) in [7, 11) is 0. The van der Waals surface area contributed by atoms with Gasteiger partial charge in [0.15, 0.2) is 0 Å². The van der Waals surface area contributed by atoms with Crippen molar-refractivity contribution in [2.24, 2.45) is 0 Å². The highest BCUT2D eigenvalue weighted by molar-refractivity contribution is 6.35. The van der Waals surface area contributed by atoms with Gasteiger partial charge in [0.2, 0.25) is 5.91 Å².